The van der Waals surface area contributed by atoms with Gasteiger partial charge in [-0.25, -0.2) is 0 Å². The van der Waals surface area contributed by atoms with Gasteiger partial charge in [0.2, 0.25) is 0 Å². The first-order valence-corrected chi connectivity index (χ1v) is 5.78. The summed E-state index contributed by atoms with van der Waals surface area (Å²) in [4.78, 5) is 0. The van der Waals surface area contributed by atoms with Crippen molar-refractivity contribution in [2.24, 2.45) is 11.7 Å². The lowest BCUT2D eigenvalue weighted by Gasteiger charge is -2.26. The summed E-state index contributed by atoms with van der Waals surface area (Å²) in [7, 11) is 0. The molecule has 0 aromatic rings. The predicted molar refractivity (Wildman–Crippen MR) is 60.0 cm³/mol. The van der Waals surface area contributed by atoms with Crippen LogP contribution in [-0.2, 0) is 0 Å². The van der Waals surface area contributed by atoms with Gasteiger partial charge >= 0.3 is 0 Å². The van der Waals surface area contributed by atoms with Crippen molar-refractivity contribution in [3.8, 4) is 0 Å². The minimum Gasteiger partial charge on any atom is -0.391 e. The highest BCUT2D eigenvalue weighted by molar-refractivity contribution is 4.82. The van der Waals surface area contributed by atoms with E-state index in [-0.39, 0.29) is 6.04 Å². The third kappa shape index (κ3) is 3.81. The van der Waals surface area contributed by atoms with E-state index in [0.29, 0.717) is 6.42 Å². The maximum absolute atomic E-state index is 9.65. The van der Waals surface area contributed by atoms with Crippen LogP contribution < -0.4 is 5.73 Å². The lowest BCUT2D eigenvalue weighted by molar-refractivity contribution is 0.129. The van der Waals surface area contributed by atoms with Crippen molar-refractivity contribution < 1.29 is 5.11 Å². The monoisotopic (exact) mass is 197 g/mol. The highest BCUT2D eigenvalue weighted by atomic mass is 16.3. The van der Waals surface area contributed by atoms with Gasteiger partial charge in [0.05, 0.1) is 6.10 Å². The number of rotatable bonds is 5. The molecule has 82 valence electrons. The summed E-state index contributed by atoms with van der Waals surface area (Å²) >= 11 is 0. The molecule has 1 saturated carbocycles. The Labute approximate surface area is 87.2 Å². The Morgan fingerprint density at radius 2 is 2.00 bits per heavy atom. The molecule has 0 aliphatic heterocycles. The minimum absolute atomic E-state index is 0.0592. The second-order valence-electron chi connectivity index (χ2n) is 4.50. The zero-order chi connectivity index (χ0) is 10.4. The van der Waals surface area contributed by atoms with E-state index < -0.39 is 6.10 Å². The Balaban J connectivity index is 2.23. The van der Waals surface area contributed by atoms with Crippen molar-refractivity contribution in [2.75, 3.05) is 0 Å². The third-order valence-corrected chi connectivity index (χ3v) is 3.23. The van der Waals surface area contributed by atoms with Crippen molar-refractivity contribution in [3.05, 3.63) is 12.7 Å². The summed E-state index contributed by atoms with van der Waals surface area (Å²) in [6.45, 7) is 3.61. The van der Waals surface area contributed by atoms with Crippen LogP contribution in [0.1, 0.15) is 44.9 Å². The van der Waals surface area contributed by atoms with E-state index in [9.17, 15) is 5.11 Å². The van der Waals surface area contributed by atoms with E-state index in [1.165, 1.54) is 32.1 Å². The van der Waals surface area contributed by atoms with Gasteiger partial charge in [-0.05, 0) is 18.8 Å². The summed E-state index contributed by atoms with van der Waals surface area (Å²) in [6, 6.07) is -0.0592. The fourth-order valence-electron chi connectivity index (χ4n) is 2.31. The highest BCUT2D eigenvalue weighted by Gasteiger charge is 2.20. The van der Waals surface area contributed by atoms with Crippen LogP contribution in [0.4, 0.5) is 0 Å². The molecule has 1 aliphatic rings. The Morgan fingerprint density at radius 1 is 1.36 bits per heavy atom. The van der Waals surface area contributed by atoms with Crippen molar-refractivity contribution in [3.63, 3.8) is 0 Å². The number of nitrogens with two attached hydrogens (primary N) is 1. The number of aliphatic hydroxyl groups is 1. The molecule has 0 heterocycles. The Kier molecular flexibility index (Phi) is 5.20. The van der Waals surface area contributed by atoms with Crippen LogP contribution in [0.25, 0.3) is 0 Å². The first-order chi connectivity index (χ1) is 6.74. The fourth-order valence-corrected chi connectivity index (χ4v) is 2.31. The molecule has 2 atom stereocenters. The summed E-state index contributed by atoms with van der Waals surface area (Å²) in [6.07, 6.45) is 9.61. The lowest BCUT2D eigenvalue weighted by Crippen LogP contribution is -2.36. The van der Waals surface area contributed by atoms with Gasteiger partial charge in [0.15, 0.2) is 0 Å². The summed E-state index contributed by atoms with van der Waals surface area (Å²) in [5.74, 6) is 0.748. The van der Waals surface area contributed by atoms with Gasteiger partial charge in [-0.3, -0.25) is 0 Å². The van der Waals surface area contributed by atoms with Gasteiger partial charge in [-0.15, -0.1) is 6.58 Å². The van der Waals surface area contributed by atoms with Crippen LogP contribution in [0, 0.1) is 5.92 Å². The van der Waals surface area contributed by atoms with Crippen molar-refractivity contribution >= 4 is 0 Å². The van der Waals surface area contributed by atoms with Gasteiger partial charge in [-0.2, -0.15) is 0 Å². The maximum atomic E-state index is 9.65. The second-order valence-corrected chi connectivity index (χ2v) is 4.50. The molecule has 2 unspecified atom stereocenters. The first-order valence-electron chi connectivity index (χ1n) is 5.78. The largest absolute Gasteiger partial charge is 0.391 e. The normalized spacial score (nSPS) is 23.0. The molecular formula is C12H23NO. The average Bonchev–Trinajstić information content (AvgIpc) is 2.19. The van der Waals surface area contributed by atoms with Crippen molar-refractivity contribution in [2.45, 2.75) is 57.1 Å². The van der Waals surface area contributed by atoms with Crippen molar-refractivity contribution in [1.29, 1.82) is 0 Å². The minimum atomic E-state index is -0.394. The zero-order valence-corrected chi connectivity index (χ0v) is 8.99. The van der Waals surface area contributed by atoms with Crippen LogP contribution in [0.2, 0.25) is 0 Å². The molecule has 0 amide bonds. The van der Waals surface area contributed by atoms with Crippen LogP contribution in [-0.4, -0.2) is 17.3 Å². The molecule has 0 radical (unpaired) electrons. The Bertz CT molecular complexity index is 164. The zero-order valence-electron chi connectivity index (χ0n) is 8.99. The molecule has 0 aromatic heterocycles. The highest BCUT2D eigenvalue weighted by Crippen LogP contribution is 2.27. The SMILES string of the molecule is C=CCC(O)C(N)CC1CCCCC1. The van der Waals surface area contributed by atoms with Gasteiger partial charge in [0.25, 0.3) is 0 Å². The van der Waals surface area contributed by atoms with E-state index in [4.69, 9.17) is 5.73 Å². The van der Waals surface area contributed by atoms with Gasteiger partial charge in [0.1, 0.15) is 0 Å². The summed E-state index contributed by atoms with van der Waals surface area (Å²) in [5.41, 5.74) is 5.94. The van der Waals surface area contributed by atoms with Gasteiger partial charge in [-0.1, -0.05) is 38.2 Å². The molecule has 1 aliphatic carbocycles. The Morgan fingerprint density at radius 3 is 2.57 bits per heavy atom. The van der Waals surface area contributed by atoms with E-state index in [1.807, 2.05) is 0 Å². The van der Waals surface area contributed by atoms with Crippen molar-refractivity contribution in [1.82, 2.24) is 0 Å². The molecule has 3 N–H and O–H groups in total. The summed E-state index contributed by atoms with van der Waals surface area (Å²) in [5, 5.41) is 9.65. The molecule has 0 aromatic carbocycles. The maximum Gasteiger partial charge on any atom is 0.0725 e. The topological polar surface area (TPSA) is 46.2 Å². The number of aliphatic hydroxyl groups excluding tert-OH is 1. The lowest BCUT2D eigenvalue weighted by atomic mass is 9.83. The molecule has 0 bridgehead atoms. The summed E-state index contributed by atoms with van der Waals surface area (Å²) < 4.78 is 0. The number of hydrogen-bond donors (Lipinski definition) is 2. The van der Waals surface area contributed by atoms with E-state index in [1.54, 1.807) is 6.08 Å². The van der Waals surface area contributed by atoms with Gasteiger partial charge in [0, 0.05) is 6.04 Å². The van der Waals surface area contributed by atoms with Crippen LogP contribution in [0.3, 0.4) is 0 Å². The standard InChI is InChI=1S/C12H23NO/c1-2-6-12(14)11(13)9-10-7-4-3-5-8-10/h2,10-12,14H,1,3-9,13H2. The molecule has 2 nitrogen and oxygen atoms in total. The van der Waals surface area contributed by atoms with Crippen LogP contribution >= 0.6 is 0 Å². The quantitative estimate of drug-likeness (QED) is 0.664. The molecule has 0 spiro atoms. The third-order valence-electron chi connectivity index (χ3n) is 3.23. The molecule has 14 heavy (non-hydrogen) atoms. The van der Waals surface area contributed by atoms with E-state index in [2.05, 4.69) is 6.58 Å². The van der Waals surface area contributed by atoms with Gasteiger partial charge < -0.3 is 10.8 Å². The Hall–Kier alpha value is -0.340. The second kappa shape index (κ2) is 6.20. The smallest absolute Gasteiger partial charge is 0.0725 e. The van der Waals surface area contributed by atoms with Crippen LogP contribution in [0.5, 0.6) is 0 Å². The fraction of sp³-hybridized carbons (Fsp3) is 0.833. The predicted octanol–water partition coefficient (Wildman–Crippen LogP) is 2.22. The molecular weight excluding hydrogens is 174 g/mol. The average molecular weight is 197 g/mol. The molecule has 1 rings (SSSR count). The molecule has 1 fully saturated rings. The van der Waals surface area contributed by atoms with E-state index in [0.717, 1.165) is 12.3 Å². The number of hydrogen-bond acceptors (Lipinski definition) is 2. The van der Waals surface area contributed by atoms with E-state index >= 15 is 0 Å². The molecule has 0 saturated heterocycles. The van der Waals surface area contributed by atoms with Crippen LogP contribution in [0.15, 0.2) is 12.7 Å². The first kappa shape index (κ1) is 11.7. The molecule has 2 heteroatoms.